The van der Waals surface area contributed by atoms with Crippen LogP contribution in [0.15, 0.2) is 55.0 Å². The maximum absolute atomic E-state index is 14.8. The molecule has 13 heteroatoms. The van der Waals surface area contributed by atoms with Crippen molar-refractivity contribution in [1.29, 1.82) is 5.26 Å². The van der Waals surface area contributed by atoms with Gasteiger partial charge in [-0.15, -0.1) is 0 Å². The van der Waals surface area contributed by atoms with E-state index in [4.69, 9.17) is 9.72 Å². The van der Waals surface area contributed by atoms with E-state index in [1.54, 1.807) is 16.9 Å². The number of carbonyl (C=O) groups excluding carboxylic acids is 2. The number of nitrogens with one attached hydrogen (secondary N) is 1. The zero-order valence-electron chi connectivity index (χ0n) is 33.4. The van der Waals surface area contributed by atoms with Gasteiger partial charge in [-0.2, -0.15) is 10.4 Å². The molecule has 2 amide bonds. The summed E-state index contributed by atoms with van der Waals surface area (Å²) in [5, 5.41) is 17.2. The van der Waals surface area contributed by atoms with Gasteiger partial charge in [0.1, 0.15) is 29.3 Å². The first-order valence-corrected chi connectivity index (χ1v) is 20.8. The third kappa shape index (κ3) is 10.7. The lowest BCUT2D eigenvalue weighted by Gasteiger charge is -2.46. The van der Waals surface area contributed by atoms with Crippen LogP contribution >= 0.6 is 0 Å². The number of piperazine rings is 1. The van der Waals surface area contributed by atoms with E-state index in [9.17, 15) is 23.6 Å². The molecule has 2 aliphatic rings. The maximum Gasteiger partial charge on any atom is 0.254 e. The molecule has 0 bridgehead atoms. The van der Waals surface area contributed by atoms with Crippen molar-refractivity contribution in [2.24, 2.45) is 0 Å². The van der Waals surface area contributed by atoms with E-state index in [2.05, 4.69) is 33.2 Å². The predicted molar refractivity (Wildman–Crippen MR) is 217 cm³/mol. The Hall–Kier alpha value is -5.09. The topological polar surface area (TPSA) is 119 Å². The Morgan fingerprint density at radius 1 is 0.895 bits per heavy atom. The summed E-state index contributed by atoms with van der Waals surface area (Å²) in [6.45, 7) is 8.87. The zero-order valence-corrected chi connectivity index (χ0v) is 33.4. The minimum Gasteiger partial charge on any atom is -0.492 e. The minimum atomic E-state index is -0.772. The van der Waals surface area contributed by atoms with Crippen LogP contribution in [-0.4, -0.2) is 94.2 Å². The Balaban J connectivity index is 1.08. The summed E-state index contributed by atoms with van der Waals surface area (Å²) in [6.07, 6.45) is 17.7. The summed E-state index contributed by atoms with van der Waals surface area (Å²) >= 11 is 0. The highest BCUT2D eigenvalue weighted by Crippen LogP contribution is 2.33. The molecule has 1 aromatic carbocycles. The van der Waals surface area contributed by atoms with Gasteiger partial charge in [-0.1, -0.05) is 58.3 Å². The van der Waals surface area contributed by atoms with Gasteiger partial charge in [0.2, 0.25) is 5.91 Å². The molecule has 2 saturated heterocycles. The van der Waals surface area contributed by atoms with Gasteiger partial charge in [-0.3, -0.25) is 14.5 Å². The SMILES string of the molecule is CCCCCCCCCCCC(=O)N1CCN(CC2(NC(=O)c3cc(F)ccc3F)CCN(c3ccc(-c4cc(OCC)cn5ncc(C#N)c45)cn3)CC2)CC1. The Morgan fingerprint density at radius 2 is 1.61 bits per heavy atom. The van der Waals surface area contributed by atoms with Crippen LogP contribution in [-0.2, 0) is 4.79 Å². The first kappa shape index (κ1) is 41.5. The number of anilines is 1. The van der Waals surface area contributed by atoms with Gasteiger partial charge in [0, 0.05) is 69.6 Å². The number of amides is 2. The van der Waals surface area contributed by atoms with Crippen molar-refractivity contribution in [1.82, 2.24) is 29.7 Å². The molecule has 0 atom stereocenters. The number of hydrogen-bond donors (Lipinski definition) is 1. The van der Waals surface area contributed by atoms with Gasteiger partial charge < -0.3 is 19.9 Å². The van der Waals surface area contributed by atoms with Crippen LogP contribution < -0.4 is 15.0 Å². The molecule has 3 aromatic heterocycles. The number of fused-ring (bicyclic) bond motifs is 1. The molecule has 0 saturated carbocycles. The number of ether oxygens (including phenoxy) is 1. The van der Waals surface area contributed by atoms with Crippen molar-refractivity contribution < 1.29 is 23.1 Å². The molecular formula is C44H56F2N8O3. The number of benzene rings is 1. The molecule has 2 fully saturated rings. The van der Waals surface area contributed by atoms with Gasteiger partial charge in [0.25, 0.3) is 5.91 Å². The molecule has 0 spiro atoms. The first-order chi connectivity index (χ1) is 27.7. The highest BCUT2D eigenvalue weighted by molar-refractivity contribution is 5.95. The van der Waals surface area contributed by atoms with Crippen LogP contribution in [0.4, 0.5) is 14.6 Å². The normalized spacial score (nSPS) is 15.8. The lowest BCUT2D eigenvalue weighted by atomic mass is 9.86. The fourth-order valence-electron chi connectivity index (χ4n) is 8.17. The highest BCUT2D eigenvalue weighted by atomic mass is 19.1. The van der Waals surface area contributed by atoms with Crippen LogP contribution in [0.3, 0.4) is 0 Å². The fraction of sp³-hybridized carbons (Fsp3) is 0.523. The second kappa shape index (κ2) is 19.9. The molecule has 4 aromatic rings. The van der Waals surface area contributed by atoms with Gasteiger partial charge in [0.15, 0.2) is 0 Å². The summed E-state index contributed by atoms with van der Waals surface area (Å²) in [4.78, 5) is 37.8. The summed E-state index contributed by atoms with van der Waals surface area (Å²) in [7, 11) is 0. The van der Waals surface area contributed by atoms with Crippen LogP contribution in [0.1, 0.15) is 107 Å². The largest absolute Gasteiger partial charge is 0.492 e. The molecule has 11 nitrogen and oxygen atoms in total. The molecule has 304 valence electrons. The molecule has 2 aliphatic heterocycles. The van der Waals surface area contributed by atoms with Crippen LogP contribution in [0.5, 0.6) is 5.75 Å². The number of nitrogens with zero attached hydrogens (tertiary/aromatic N) is 7. The third-order valence-electron chi connectivity index (χ3n) is 11.4. The summed E-state index contributed by atoms with van der Waals surface area (Å²) in [5.41, 5.74) is 1.68. The monoisotopic (exact) mass is 782 g/mol. The van der Waals surface area contributed by atoms with E-state index >= 15 is 0 Å². The van der Waals surface area contributed by atoms with Gasteiger partial charge in [0.05, 0.1) is 41.2 Å². The Labute approximate surface area is 335 Å². The summed E-state index contributed by atoms with van der Waals surface area (Å²) < 4.78 is 36.3. The highest BCUT2D eigenvalue weighted by Gasteiger charge is 2.39. The molecule has 1 N–H and O–H groups in total. The number of pyridine rings is 2. The van der Waals surface area contributed by atoms with E-state index in [1.165, 1.54) is 51.1 Å². The minimum absolute atomic E-state index is 0.205. The predicted octanol–water partition coefficient (Wildman–Crippen LogP) is 7.78. The molecule has 0 aliphatic carbocycles. The average molecular weight is 783 g/mol. The number of hydrogen-bond acceptors (Lipinski definition) is 8. The maximum atomic E-state index is 14.8. The van der Waals surface area contributed by atoms with Crippen molar-refractivity contribution in [3.63, 3.8) is 0 Å². The van der Waals surface area contributed by atoms with Crippen LogP contribution in [0.25, 0.3) is 16.6 Å². The second-order valence-corrected chi connectivity index (χ2v) is 15.5. The van der Waals surface area contributed by atoms with Gasteiger partial charge in [-0.25, -0.2) is 18.3 Å². The number of nitriles is 1. The number of rotatable bonds is 18. The lowest BCUT2D eigenvalue weighted by Crippen LogP contribution is -2.62. The number of aromatic nitrogens is 3. The quantitative estimate of drug-likeness (QED) is 0.102. The second-order valence-electron chi connectivity index (χ2n) is 15.5. The van der Waals surface area contributed by atoms with E-state index in [1.807, 2.05) is 30.0 Å². The van der Waals surface area contributed by atoms with Crippen molar-refractivity contribution in [2.45, 2.75) is 96.4 Å². The molecular weight excluding hydrogens is 727 g/mol. The summed E-state index contributed by atoms with van der Waals surface area (Å²) in [6, 6.07) is 11.0. The Kier molecular flexibility index (Phi) is 14.5. The van der Waals surface area contributed by atoms with Gasteiger partial charge >= 0.3 is 0 Å². The number of carbonyl (C=O) groups is 2. The van der Waals surface area contributed by atoms with Crippen LogP contribution in [0.2, 0.25) is 0 Å². The van der Waals surface area contributed by atoms with Crippen molar-refractivity contribution in [3.05, 3.63) is 77.8 Å². The van der Waals surface area contributed by atoms with Crippen molar-refractivity contribution in [2.75, 3.05) is 57.3 Å². The lowest BCUT2D eigenvalue weighted by molar-refractivity contribution is -0.133. The molecule has 6 rings (SSSR count). The van der Waals surface area contributed by atoms with E-state index < -0.39 is 23.1 Å². The number of unbranched alkanes of at least 4 members (excludes halogenated alkanes) is 8. The summed E-state index contributed by atoms with van der Waals surface area (Å²) in [5.74, 6) is -0.491. The standard InChI is InChI=1S/C44H56F2N8O3/c1-3-5-6-7-8-9-10-11-12-13-41(55)53-24-22-51(23-25-53)32-44(50-43(56)38-26-35(45)15-16-39(38)46)18-20-52(21-19-44)40-17-14-33(29-48-40)37-27-36(57-4-2)31-54-42(37)34(28-47)30-49-54/h14-17,26-27,29-31H,3-13,18-25,32H2,1-2H3,(H,50,56). The number of piperidine rings is 1. The van der Waals surface area contributed by atoms with Crippen molar-refractivity contribution in [3.8, 4) is 22.9 Å². The smallest absolute Gasteiger partial charge is 0.254 e. The Morgan fingerprint density at radius 3 is 2.28 bits per heavy atom. The third-order valence-corrected chi connectivity index (χ3v) is 11.4. The van der Waals surface area contributed by atoms with Crippen molar-refractivity contribution >= 4 is 23.1 Å². The average Bonchev–Trinajstić information content (AvgIpc) is 3.64. The molecule has 5 heterocycles. The Bertz CT molecular complexity index is 2000. The zero-order chi connectivity index (χ0) is 40.2. The van der Waals surface area contributed by atoms with E-state index in [0.29, 0.717) is 88.5 Å². The number of halogens is 2. The fourth-order valence-corrected chi connectivity index (χ4v) is 8.17. The van der Waals surface area contributed by atoms with Crippen LogP contribution in [0, 0.1) is 23.0 Å². The molecule has 57 heavy (non-hydrogen) atoms. The van der Waals surface area contributed by atoms with E-state index in [-0.39, 0.29) is 11.5 Å². The van der Waals surface area contributed by atoms with Gasteiger partial charge in [-0.05, 0) is 62.6 Å². The molecule has 0 unspecified atom stereocenters. The first-order valence-electron chi connectivity index (χ1n) is 20.8. The molecule has 0 radical (unpaired) electrons. The van der Waals surface area contributed by atoms with E-state index in [0.717, 1.165) is 48.0 Å².